The Morgan fingerprint density at radius 1 is 1.30 bits per heavy atom. The molecule has 0 amide bonds. The maximum atomic E-state index is 13.1. The first kappa shape index (κ1) is 14.2. The van der Waals surface area contributed by atoms with Gasteiger partial charge in [0, 0.05) is 5.39 Å². The summed E-state index contributed by atoms with van der Waals surface area (Å²) >= 11 is 0. The Labute approximate surface area is 110 Å². The zero-order chi connectivity index (χ0) is 15.1. The van der Waals surface area contributed by atoms with Crippen LogP contribution in [0.1, 0.15) is 34.8 Å². The number of hydrogen-bond acceptors (Lipinski definition) is 3. The van der Waals surface area contributed by atoms with Crippen LogP contribution in [0.15, 0.2) is 18.2 Å². The van der Waals surface area contributed by atoms with Gasteiger partial charge in [0.05, 0.1) is 11.3 Å². The van der Waals surface area contributed by atoms with Gasteiger partial charge in [0.2, 0.25) is 0 Å². The lowest BCUT2D eigenvalue weighted by Crippen LogP contribution is -2.16. The Balaban J connectivity index is 2.75. The van der Waals surface area contributed by atoms with Crippen LogP contribution in [0.5, 0.6) is 0 Å². The van der Waals surface area contributed by atoms with Crippen LogP contribution in [0.4, 0.5) is 17.6 Å². The molecule has 20 heavy (non-hydrogen) atoms. The van der Waals surface area contributed by atoms with Crippen molar-refractivity contribution in [3.8, 4) is 0 Å². The van der Waals surface area contributed by atoms with E-state index in [-0.39, 0.29) is 16.7 Å². The fourth-order valence-electron chi connectivity index (χ4n) is 1.67. The Morgan fingerprint density at radius 3 is 2.45 bits per heavy atom. The van der Waals surface area contributed by atoms with Crippen LogP contribution in [0, 0.1) is 0 Å². The lowest BCUT2D eigenvalue weighted by atomic mass is 10.1. The lowest BCUT2D eigenvalue weighted by Gasteiger charge is -2.11. The summed E-state index contributed by atoms with van der Waals surface area (Å²) in [5.74, 6) is -1.74. The molecule has 2 heterocycles. The zero-order valence-electron chi connectivity index (χ0n) is 10.1. The summed E-state index contributed by atoms with van der Waals surface area (Å²) in [7, 11) is 0. The van der Waals surface area contributed by atoms with E-state index in [0.29, 0.717) is 0 Å². The number of hydrogen-bond donors (Lipinski definition) is 1. The molecule has 4 nitrogen and oxygen atoms in total. The van der Waals surface area contributed by atoms with Crippen molar-refractivity contribution in [2.24, 2.45) is 0 Å². The van der Waals surface area contributed by atoms with Crippen LogP contribution in [0.25, 0.3) is 11.0 Å². The number of carboxylic acid groups (broad SMARTS) is 1. The molecular formula is C12H8F4N2O2. The maximum absolute atomic E-state index is 13.1. The second kappa shape index (κ2) is 4.69. The molecule has 0 aliphatic carbocycles. The van der Waals surface area contributed by atoms with E-state index >= 15 is 0 Å². The summed E-state index contributed by atoms with van der Waals surface area (Å²) in [5.41, 5.74) is -2.92. The van der Waals surface area contributed by atoms with Crippen molar-refractivity contribution < 1.29 is 27.5 Å². The number of aromatic nitrogens is 2. The van der Waals surface area contributed by atoms with E-state index < -0.39 is 29.6 Å². The van der Waals surface area contributed by atoms with Gasteiger partial charge in [-0.05, 0) is 25.1 Å². The number of rotatable bonds is 2. The fraction of sp³-hybridized carbons (Fsp3) is 0.250. The SMILES string of the molecule is CC(F)c1ccc2cc(C(=O)O)c(C(F)(F)F)nc2n1. The molecule has 0 aliphatic rings. The van der Waals surface area contributed by atoms with Gasteiger partial charge in [-0.15, -0.1) is 0 Å². The Hall–Kier alpha value is -2.25. The first-order chi connectivity index (χ1) is 9.20. The van der Waals surface area contributed by atoms with E-state index in [1.807, 2.05) is 0 Å². The average molecular weight is 288 g/mol. The molecule has 0 fully saturated rings. The van der Waals surface area contributed by atoms with Crippen molar-refractivity contribution in [2.75, 3.05) is 0 Å². The second-order valence-corrected chi connectivity index (χ2v) is 4.09. The molecule has 0 spiro atoms. The molecule has 0 aliphatic heterocycles. The molecule has 1 unspecified atom stereocenters. The van der Waals surface area contributed by atoms with Crippen molar-refractivity contribution in [3.05, 3.63) is 35.2 Å². The first-order valence-corrected chi connectivity index (χ1v) is 5.46. The normalized spacial score (nSPS) is 13.4. The van der Waals surface area contributed by atoms with Crippen LogP contribution < -0.4 is 0 Å². The first-order valence-electron chi connectivity index (χ1n) is 5.46. The van der Waals surface area contributed by atoms with Crippen LogP contribution in [-0.4, -0.2) is 21.0 Å². The third kappa shape index (κ3) is 2.54. The number of fused-ring (bicyclic) bond motifs is 1. The predicted octanol–water partition coefficient (Wildman–Crippen LogP) is 3.38. The Bertz CT molecular complexity index is 683. The van der Waals surface area contributed by atoms with E-state index in [1.54, 1.807) is 0 Å². The van der Waals surface area contributed by atoms with E-state index in [4.69, 9.17) is 5.11 Å². The van der Waals surface area contributed by atoms with Crippen LogP contribution in [-0.2, 0) is 6.18 Å². The largest absolute Gasteiger partial charge is 0.478 e. The van der Waals surface area contributed by atoms with Gasteiger partial charge in [0.15, 0.2) is 11.3 Å². The van der Waals surface area contributed by atoms with Crippen LogP contribution >= 0.6 is 0 Å². The molecular weight excluding hydrogens is 280 g/mol. The minimum Gasteiger partial charge on any atom is -0.478 e. The third-order valence-electron chi connectivity index (χ3n) is 2.61. The summed E-state index contributed by atoms with van der Waals surface area (Å²) in [6.45, 7) is 1.18. The highest BCUT2D eigenvalue weighted by atomic mass is 19.4. The third-order valence-corrected chi connectivity index (χ3v) is 2.61. The molecule has 8 heteroatoms. The van der Waals surface area contributed by atoms with Gasteiger partial charge < -0.3 is 5.11 Å². The van der Waals surface area contributed by atoms with Crippen molar-refractivity contribution in [1.82, 2.24) is 9.97 Å². The topological polar surface area (TPSA) is 63.1 Å². The zero-order valence-corrected chi connectivity index (χ0v) is 10.1. The van der Waals surface area contributed by atoms with Gasteiger partial charge >= 0.3 is 12.1 Å². The number of pyridine rings is 2. The highest BCUT2D eigenvalue weighted by Crippen LogP contribution is 2.32. The van der Waals surface area contributed by atoms with Gasteiger partial charge in [-0.1, -0.05) is 0 Å². The quantitative estimate of drug-likeness (QED) is 0.860. The molecule has 2 aromatic rings. The van der Waals surface area contributed by atoms with Crippen molar-refractivity contribution in [3.63, 3.8) is 0 Å². The number of carboxylic acids is 1. The monoisotopic (exact) mass is 288 g/mol. The number of alkyl halides is 4. The van der Waals surface area contributed by atoms with E-state index in [9.17, 15) is 22.4 Å². The van der Waals surface area contributed by atoms with Crippen LogP contribution in [0.3, 0.4) is 0 Å². The highest BCUT2D eigenvalue weighted by molar-refractivity contribution is 5.93. The standard InChI is InChI=1S/C12H8F4N2O2/c1-5(13)8-3-2-6-4-7(11(19)20)9(12(14,15)16)18-10(6)17-8/h2-5H,1H3,(H,19,20). The summed E-state index contributed by atoms with van der Waals surface area (Å²) in [5, 5.41) is 8.91. The molecule has 0 saturated carbocycles. The molecule has 0 saturated heterocycles. The van der Waals surface area contributed by atoms with E-state index in [1.165, 1.54) is 19.1 Å². The van der Waals surface area contributed by atoms with Crippen LogP contribution in [0.2, 0.25) is 0 Å². The van der Waals surface area contributed by atoms with Crippen molar-refractivity contribution >= 4 is 17.0 Å². The Kier molecular flexibility index (Phi) is 3.33. The minimum absolute atomic E-state index is 0.0683. The smallest absolute Gasteiger partial charge is 0.434 e. The summed E-state index contributed by atoms with van der Waals surface area (Å²) in [4.78, 5) is 17.8. The number of carbonyl (C=O) groups is 1. The average Bonchev–Trinajstić information content (AvgIpc) is 2.35. The van der Waals surface area contributed by atoms with E-state index in [0.717, 1.165) is 6.07 Å². The summed E-state index contributed by atoms with van der Waals surface area (Å²) < 4.78 is 51.4. The van der Waals surface area contributed by atoms with E-state index in [2.05, 4.69) is 9.97 Å². The molecule has 0 radical (unpaired) electrons. The van der Waals surface area contributed by atoms with Gasteiger partial charge in [-0.25, -0.2) is 19.2 Å². The maximum Gasteiger partial charge on any atom is 0.434 e. The summed E-state index contributed by atoms with van der Waals surface area (Å²) in [6, 6.07) is 3.38. The number of halogens is 4. The molecule has 106 valence electrons. The molecule has 1 atom stereocenters. The lowest BCUT2D eigenvalue weighted by molar-refractivity contribution is -0.141. The fourth-order valence-corrected chi connectivity index (χ4v) is 1.67. The second-order valence-electron chi connectivity index (χ2n) is 4.09. The molecule has 2 aromatic heterocycles. The van der Waals surface area contributed by atoms with Crippen molar-refractivity contribution in [2.45, 2.75) is 19.3 Å². The number of aromatic carboxylic acids is 1. The highest BCUT2D eigenvalue weighted by Gasteiger charge is 2.38. The summed E-state index contributed by atoms with van der Waals surface area (Å²) in [6.07, 6.45) is -6.39. The van der Waals surface area contributed by atoms with Gasteiger partial charge in [-0.2, -0.15) is 13.2 Å². The van der Waals surface area contributed by atoms with Gasteiger partial charge in [0.25, 0.3) is 0 Å². The molecule has 2 rings (SSSR count). The minimum atomic E-state index is -4.93. The van der Waals surface area contributed by atoms with Gasteiger partial charge in [0.1, 0.15) is 6.17 Å². The molecule has 0 bridgehead atoms. The predicted molar refractivity (Wildman–Crippen MR) is 61.0 cm³/mol. The molecule has 1 N–H and O–H groups in total. The molecule has 0 aromatic carbocycles. The van der Waals surface area contributed by atoms with Crippen molar-refractivity contribution in [1.29, 1.82) is 0 Å². The van der Waals surface area contributed by atoms with Gasteiger partial charge in [-0.3, -0.25) is 0 Å². The number of nitrogens with zero attached hydrogens (tertiary/aromatic N) is 2. The Morgan fingerprint density at radius 2 is 1.95 bits per heavy atom.